The number of hydrogen-bond acceptors (Lipinski definition) is 6. The van der Waals surface area contributed by atoms with Gasteiger partial charge >= 0.3 is 5.97 Å². The van der Waals surface area contributed by atoms with Gasteiger partial charge in [-0.3, -0.25) is 4.79 Å². The lowest BCUT2D eigenvalue weighted by Crippen LogP contribution is -2.32. The Morgan fingerprint density at radius 2 is 2.10 bits per heavy atom. The van der Waals surface area contributed by atoms with Crippen molar-refractivity contribution < 1.29 is 14.6 Å². The van der Waals surface area contributed by atoms with E-state index in [9.17, 15) is 14.7 Å². The molecule has 5 rings (SSSR count). The Balaban J connectivity index is 1.78. The molecule has 29 heavy (non-hydrogen) atoms. The van der Waals surface area contributed by atoms with Crippen LogP contribution < -0.4 is 11.3 Å². The van der Waals surface area contributed by atoms with Gasteiger partial charge in [0.05, 0.1) is 29.0 Å². The highest BCUT2D eigenvalue weighted by atomic mass is 16.5. The molecule has 0 bridgehead atoms. The Labute approximate surface area is 166 Å². The summed E-state index contributed by atoms with van der Waals surface area (Å²) < 4.78 is 6.59. The number of nitrogens with zero attached hydrogens (tertiary/aromatic N) is 2. The number of rotatable bonds is 3. The number of pyridine rings is 2. The molecule has 2 aromatic heterocycles. The smallest absolute Gasteiger partial charge is 0.340 e. The molecule has 146 valence electrons. The number of carbonyl (C=O) groups is 1. The molecule has 1 unspecified atom stereocenters. The van der Waals surface area contributed by atoms with Crippen molar-refractivity contribution in [2.75, 3.05) is 6.54 Å². The number of carbonyl (C=O) groups excluding carboxylic acids is 1. The molecule has 3 aromatic rings. The number of para-hydroxylation sites is 1. The maximum absolute atomic E-state index is 13.1. The van der Waals surface area contributed by atoms with Crippen LogP contribution in [0, 0.1) is 0 Å². The minimum absolute atomic E-state index is 0.126. The van der Waals surface area contributed by atoms with Crippen LogP contribution in [0.4, 0.5) is 0 Å². The van der Waals surface area contributed by atoms with Crippen LogP contribution >= 0.6 is 0 Å². The number of aromatic nitrogens is 2. The minimum atomic E-state index is -1.45. The molecule has 4 heterocycles. The first-order chi connectivity index (χ1) is 14.1. The van der Waals surface area contributed by atoms with Gasteiger partial charge in [0.2, 0.25) is 0 Å². The third-order valence-electron chi connectivity index (χ3n) is 5.53. The van der Waals surface area contributed by atoms with Gasteiger partial charge in [0, 0.05) is 16.5 Å². The second-order valence-corrected chi connectivity index (χ2v) is 7.21. The molecule has 0 saturated carbocycles. The van der Waals surface area contributed by atoms with Crippen LogP contribution in [-0.4, -0.2) is 27.2 Å². The fourth-order valence-corrected chi connectivity index (χ4v) is 4.09. The predicted octanol–water partition coefficient (Wildman–Crippen LogP) is 1.88. The van der Waals surface area contributed by atoms with Crippen LogP contribution in [0.3, 0.4) is 0 Å². The summed E-state index contributed by atoms with van der Waals surface area (Å²) in [5.74, 6) is -0.739. The topological polar surface area (TPSA) is 107 Å². The normalized spacial score (nSPS) is 17.3. The second-order valence-electron chi connectivity index (χ2n) is 7.21. The van der Waals surface area contributed by atoms with E-state index in [0.29, 0.717) is 35.6 Å². The maximum atomic E-state index is 13.1. The van der Waals surface area contributed by atoms with Gasteiger partial charge in [-0.2, -0.15) is 0 Å². The highest BCUT2D eigenvalue weighted by Gasteiger charge is 2.34. The second kappa shape index (κ2) is 6.65. The van der Waals surface area contributed by atoms with Crippen LogP contribution in [0.2, 0.25) is 0 Å². The summed E-state index contributed by atoms with van der Waals surface area (Å²) in [4.78, 5) is 29.7. The number of cyclic esters (lactones) is 1. The van der Waals surface area contributed by atoms with Crippen molar-refractivity contribution in [2.24, 2.45) is 5.73 Å². The third kappa shape index (κ3) is 2.62. The van der Waals surface area contributed by atoms with Crippen molar-refractivity contribution >= 4 is 22.9 Å². The van der Waals surface area contributed by atoms with Crippen molar-refractivity contribution in [3.05, 3.63) is 69.0 Å². The predicted molar refractivity (Wildman–Crippen MR) is 108 cm³/mol. The number of esters is 1. The molecule has 0 aliphatic carbocycles. The number of aliphatic hydroxyl groups excluding tert-OH is 1. The summed E-state index contributed by atoms with van der Waals surface area (Å²) >= 11 is 0. The maximum Gasteiger partial charge on any atom is 0.340 e. The molecule has 0 radical (unpaired) electrons. The van der Waals surface area contributed by atoms with E-state index in [0.717, 1.165) is 28.5 Å². The van der Waals surface area contributed by atoms with Gasteiger partial charge in [-0.05, 0) is 30.7 Å². The first-order valence-electron chi connectivity index (χ1n) is 9.50. The van der Waals surface area contributed by atoms with E-state index in [1.807, 2.05) is 36.4 Å². The third-order valence-corrected chi connectivity index (χ3v) is 5.53. The molecule has 2 aliphatic rings. The summed E-state index contributed by atoms with van der Waals surface area (Å²) in [5.41, 5.74) is 10.1. The largest absolute Gasteiger partial charge is 0.458 e. The molecule has 0 fully saturated rings. The number of aliphatic hydroxyl groups is 1. The Hall–Kier alpha value is -3.29. The molecule has 3 N–H and O–H groups in total. The van der Waals surface area contributed by atoms with E-state index in [1.165, 1.54) is 0 Å². The molecule has 1 aromatic carbocycles. The van der Waals surface area contributed by atoms with E-state index >= 15 is 0 Å². The quantitative estimate of drug-likeness (QED) is 0.518. The van der Waals surface area contributed by atoms with Gasteiger partial charge in [0.1, 0.15) is 6.61 Å². The summed E-state index contributed by atoms with van der Waals surface area (Å²) in [6, 6.07) is 9.52. The lowest BCUT2D eigenvalue weighted by atomic mass is 9.98. The SMILES string of the molecule is NCC/C=C/c1c2c(nc3ccccc13)-c1cc3c(c(=O)n1C2)COC(=O)C3O. The zero-order valence-electron chi connectivity index (χ0n) is 15.6. The van der Waals surface area contributed by atoms with Crippen LogP contribution in [0.5, 0.6) is 0 Å². The molecule has 2 aliphatic heterocycles. The molecule has 0 amide bonds. The average Bonchev–Trinajstić information content (AvgIpc) is 3.09. The Morgan fingerprint density at radius 3 is 2.93 bits per heavy atom. The molecular weight excluding hydrogens is 370 g/mol. The lowest BCUT2D eigenvalue weighted by Gasteiger charge is -2.21. The zero-order chi connectivity index (χ0) is 20.1. The molecule has 0 saturated heterocycles. The number of nitrogens with two attached hydrogens (primary N) is 1. The molecular formula is C22H19N3O4. The molecule has 7 heteroatoms. The average molecular weight is 389 g/mol. The standard InChI is InChI=1S/C22H19N3O4/c23-8-4-3-5-12-13-6-1-2-7-17(13)24-19-15(12)10-25-18(19)9-14-16(21(25)27)11-29-22(28)20(14)26/h1-3,5-7,9,20,26H,4,8,10-11,23H2/b5-3+. The van der Waals surface area contributed by atoms with Crippen molar-refractivity contribution in [1.82, 2.24) is 9.55 Å². The Bertz CT molecular complexity index is 1260. The van der Waals surface area contributed by atoms with Crippen LogP contribution in [-0.2, 0) is 22.7 Å². The molecule has 7 nitrogen and oxygen atoms in total. The zero-order valence-corrected chi connectivity index (χ0v) is 15.6. The Kier molecular flexibility index (Phi) is 4.08. The van der Waals surface area contributed by atoms with Crippen LogP contribution in [0.15, 0.2) is 41.2 Å². The number of benzene rings is 1. The van der Waals surface area contributed by atoms with Crippen molar-refractivity contribution in [3.8, 4) is 11.4 Å². The number of hydrogen-bond donors (Lipinski definition) is 2. The van der Waals surface area contributed by atoms with E-state index in [-0.39, 0.29) is 12.2 Å². The first kappa shape index (κ1) is 17.8. The monoisotopic (exact) mass is 389 g/mol. The first-order valence-corrected chi connectivity index (χ1v) is 9.50. The molecule has 0 spiro atoms. The van der Waals surface area contributed by atoms with Gasteiger partial charge in [-0.1, -0.05) is 30.4 Å². The summed E-state index contributed by atoms with van der Waals surface area (Å²) in [6.45, 7) is 0.806. The van der Waals surface area contributed by atoms with Crippen molar-refractivity contribution in [1.29, 1.82) is 0 Å². The van der Waals surface area contributed by atoms with E-state index < -0.39 is 12.1 Å². The van der Waals surface area contributed by atoms with Gasteiger partial charge in [0.15, 0.2) is 6.10 Å². The van der Waals surface area contributed by atoms with Gasteiger partial charge in [0.25, 0.3) is 5.56 Å². The van der Waals surface area contributed by atoms with Gasteiger partial charge < -0.3 is 20.1 Å². The van der Waals surface area contributed by atoms with E-state index in [2.05, 4.69) is 0 Å². The van der Waals surface area contributed by atoms with Crippen LogP contribution in [0.25, 0.3) is 28.4 Å². The van der Waals surface area contributed by atoms with E-state index in [4.69, 9.17) is 15.5 Å². The van der Waals surface area contributed by atoms with Gasteiger partial charge in [-0.15, -0.1) is 0 Å². The summed E-state index contributed by atoms with van der Waals surface area (Å²) in [5, 5.41) is 11.2. The lowest BCUT2D eigenvalue weighted by molar-refractivity contribution is -0.157. The highest BCUT2D eigenvalue weighted by Crippen LogP contribution is 2.38. The number of fused-ring (bicyclic) bond motifs is 5. The minimum Gasteiger partial charge on any atom is -0.458 e. The molecule has 1 atom stereocenters. The Morgan fingerprint density at radius 1 is 1.28 bits per heavy atom. The van der Waals surface area contributed by atoms with Crippen LogP contribution in [0.1, 0.15) is 34.8 Å². The van der Waals surface area contributed by atoms with Crippen molar-refractivity contribution in [3.63, 3.8) is 0 Å². The van der Waals surface area contributed by atoms with E-state index in [1.54, 1.807) is 10.6 Å². The van der Waals surface area contributed by atoms with Gasteiger partial charge in [-0.25, -0.2) is 9.78 Å². The number of ether oxygens (including phenoxy) is 1. The fraction of sp³-hybridized carbons (Fsp3) is 0.227. The summed E-state index contributed by atoms with van der Waals surface area (Å²) in [7, 11) is 0. The fourth-order valence-electron chi connectivity index (χ4n) is 4.09. The van der Waals surface area contributed by atoms with Crippen molar-refractivity contribution in [2.45, 2.75) is 25.7 Å². The summed E-state index contributed by atoms with van der Waals surface area (Å²) in [6.07, 6.45) is 3.35. The highest BCUT2D eigenvalue weighted by molar-refractivity contribution is 5.93.